The summed E-state index contributed by atoms with van der Waals surface area (Å²) in [5.41, 5.74) is 2.34. The van der Waals surface area contributed by atoms with Gasteiger partial charge in [-0.1, -0.05) is 60.7 Å². The molecule has 5 atom stereocenters. The quantitative estimate of drug-likeness (QED) is 0.0981. The van der Waals surface area contributed by atoms with Crippen molar-refractivity contribution in [1.82, 2.24) is 19.8 Å². The Morgan fingerprint density at radius 1 is 0.750 bits per heavy atom. The Bertz CT molecular complexity index is 2760. The molecule has 2 aliphatic rings. The SMILES string of the molecule is [2H]c1cc(F)cc2c1c(CC1CC(OC(C)=O)CN1C(=O)OCc1ccccc1)c(-c1[nH]c3cc(F)ccc3c1CC1([2H])C([2H])C(OC(C)=O)CN1C(=O)OCc1ccccc1)n2[2H]. The zero-order valence-corrected chi connectivity index (χ0v) is 32.8. The summed E-state index contributed by atoms with van der Waals surface area (Å²) >= 11 is 0. The number of aromatic amines is 2. The molecule has 2 aliphatic heterocycles. The van der Waals surface area contributed by atoms with Gasteiger partial charge in [-0.15, -0.1) is 0 Å². The minimum absolute atomic E-state index is 0.0145. The molecular formula is C46H44F2N4O8. The van der Waals surface area contributed by atoms with Gasteiger partial charge in [0.2, 0.25) is 0 Å². The second-order valence-electron chi connectivity index (χ2n) is 14.8. The van der Waals surface area contributed by atoms with Gasteiger partial charge in [0, 0.05) is 61.9 Å². The second kappa shape index (κ2) is 17.3. The lowest BCUT2D eigenvalue weighted by Crippen LogP contribution is -2.38. The standard InChI is InChI=1S/C46H44F2N4O8/c1-27(53)59-35-19-33(51(23-35)45(55)57-25-29-9-5-3-6-10-29)21-39-37-15-13-31(47)17-41(37)49-43(39)44-40(38-16-14-32(48)18-42(38)50-44)22-34-20-36(60-28(2)54)24-52(34)46(56)58-26-30-11-7-4-8-12-30/h3-18,33-36,49-50H,19-26H2,1-2H3/i15D,20D,34D/hD. The number of H-pyrrole nitrogens is 2. The summed E-state index contributed by atoms with van der Waals surface area (Å²) in [6.07, 6.45) is -5.58. The van der Waals surface area contributed by atoms with Crippen LogP contribution in [0.4, 0.5) is 18.4 Å². The molecule has 2 fully saturated rings. The molecule has 2 N–H and O–H groups in total. The molecule has 14 heteroatoms. The van der Waals surface area contributed by atoms with Crippen LogP contribution >= 0.6 is 0 Å². The third-order valence-corrected chi connectivity index (χ3v) is 10.6. The molecule has 0 aliphatic carbocycles. The van der Waals surface area contributed by atoms with E-state index in [9.17, 15) is 27.7 Å². The van der Waals surface area contributed by atoms with Crippen molar-refractivity contribution in [3.8, 4) is 11.4 Å². The highest BCUT2D eigenvalue weighted by Gasteiger charge is 2.41. The molecule has 5 unspecified atom stereocenters. The summed E-state index contributed by atoms with van der Waals surface area (Å²) in [5, 5.41) is 0.524. The van der Waals surface area contributed by atoms with Gasteiger partial charge in [0.25, 0.3) is 0 Å². The average molecular weight is 823 g/mol. The first kappa shape index (κ1) is 35.3. The molecule has 12 nitrogen and oxygen atoms in total. The lowest BCUT2D eigenvalue weighted by atomic mass is 9.95. The molecule has 0 saturated carbocycles. The summed E-state index contributed by atoms with van der Waals surface area (Å²) < 4.78 is 90.2. The molecule has 60 heavy (non-hydrogen) atoms. The van der Waals surface area contributed by atoms with Crippen LogP contribution in [0.1, 0.15) is 53.0 Å². The minimum atomic E-state index is -2.19. The average Bonchev–Trinajstić information content (AvgIpc) is 3.96. The topological polar surface area (TPSA) is 143 Å². The third kappa shape index (κ3) is 8.82. The Kier molecular flexibility index (Phi) is 10.1. The van der Waals surface area contributed by atoms with E-state index in [1.54, 1.807) is 54.6 Å². The number of ether oxygens (including phenoxy) is 4. The highest BCUT2D eigenvalue weighted by molar-refractivity contribution is 5.96. The second-order valence-corrected chi connectivity index (χ2v) is 14.8. The fourth-order valence-electron chi connectivity index (χ4n) is 8.03. The van der Waals surface area contributed by atoms with E-state index in [-0.39, 0.29) is 78.6 Å². The van der Waals surface area contributed by atoms with Crippen molar-refractivity contribution < 1.29 is 52.4 Å². The number of halogens is 2. The first-order valence-electron chi connectivity index (χ1n) is 21.5. The Hall–Kier alpha value is -6.70. The molecule has 0 spiro atoms. The molecule has 4 heterocycles. The van der Waals surface area contributed by atoms with Gasteiger partial charge in [0.05, 0.1) is 27.2 Å². The molecule has 2 amide bonds. The van der Waals surface area contributed by atoms with E-state index in [0.29, 0.717) is 16.5 Å². The van der Waals surface area contributed by atoms with Crippen LogP contribution in [-0.2, 0) is 54.6 Å². The Labute approximate surface area is 350 Å². The van der Waals surface area contributed by atoms with Gasteiger partial charge in [-0.2, -0.15) is 0 Å². The van der Waals surface area contributed by atoms with Crippen LogP contribution in [0.2, 0.25) is 1.41 Å². The molecular weight excluding hydrogens is 775 g/mol. The normalized spacial score (nSPS) is 22.3. The zero-order valence-electron chi connectivity index (χ0n) is 36.8. The maximum atomic E-state index is 15.1. The Balaban J connectivity index is 1.24. The summed E-state index contributed by atoms with van der Waals surface area (Å²) in [6.45, 7) is 1.81. The van der Waals surface area contributed by atoms with E-state index < -0.39 is 72.8 Å². The summed E-state index contributed by atoms with van der Waals surface area (Å²) in [6, 6.07) is 20.6. The summed E-state index contributed by atoms with van der Waals surface area (Å²) in [4.78, 5) is 58.7. The van der Waals surface area contributed by atoms with Crippen molar-refractivity contribution in [3.05, 3.63) is 131 Å². The van der Waals surface area contributed by atoms with Crippen molar-refractivity contribution in [2.75, 3.05) is 13.1 Å². The van der Waals surface area contributed by atoms with Crippen molar-refractivity contribution in [3.63, 3.8) is 0 Å². The largest absolute Gasteiger partial charge is 0.461 e. The Morgan fingerprint density at radius 2 is 1.33 bits per heavy atom. The van der Waals surface area contributed by atoms with Gasteiger partial charge in [0.1, 0.15) is 37.1 Å². The zero-order chi connectivity index (χ0) is 45.4. The number of nitrogens with zero attached hydrogens (tertiary/aromatic N) is 2. The van der Waals surface area contributed by atoms with Crippen LogP contribution in [-0.4, -0.2) is 81.2 Å². The first-order chi connectivity index (χ1) is 30.6. The van der Waals surface area contributed by atoms with Crippen LogP contribution in [0.3, 0.4) is 0 Å². The summed E-state index contributed by atoms with van der Waals surface area (Å²) in [7, 11) is 0. The van der Waals surface area contributed by atoms with E-state index in [4.69, 9.17) is 20.3 Å². The lowest BCUT2D eigenvalue weighted by Gasteiger charge is -2.25. The predicted octanol–water partition coefficient (Wildman–Crippen LogP) is 8.37. The highest BCUT2D eigenvalue weighted by atomic mass is 19.1. The van der Waals surface area contributed by atoms with E-state index in [0.717, 1.165) is 34.5 Å². The lowest BCUT2D eigenvalue weighted by molar-refractivity contribution is -0.146. The van der Waals surface area contributed by atoms with Gasteiger partial charge in [-0.25, -0.2) is 18.4 Å². The van der Waals surface area contributed by atoms with Gasteiger partial charge in [0.15, 0.2) is 1.41 Å². The van der Waals surface area contributed by atoms with Crippen LogP contribution in [0.15, 0.2) is 97.0 Å². The molecule has 6 aromatic rings. The van der Waals surface area contributed by atoms with Crippen molar-refractivity contribution >= 4 is 45.9 Å². The maximum absolute atomic E-state index is 15.1. The number of carbonyl (C=O) groups is 4. The number of likely N-dealkylation sites (tertiary alicyclic amines) is 2. The number of aromatic nitrogens is 2. The third-order valence-electron chi connectivity index (χ3n) is 10.6. The number of hydrogen-bond donors (Lipinski definition) is 2. The summed E-state index contributed by atoms with van der Waals surface area (Å²) in [5.74, 6) is -2.71. The number of nitrogens with one attached hydrogen (secondary N) is 2. The number of carbonyl (C=O) groups excluding carboxylic acids is 4. The van der Waals surface area contributed by atoms with Gasteiger partial charge in [-0.3, -0.25) is 9.59 Å². The number of amides is 2. The molecule has 310 valence electrons. The van der Waals surface area contributed by atoms with Crippen molar-refractivity contribution in [2.24, 2.45) is 0 Å². The van der Waals surface area contributed by atoms with Gasteiger partial charge >= 0.3 is 24.1 Å². The molecule has 4 aromatic carbocycles. The number of fused-ring (bicyclic) bond motifs is 2. The molecule has 0 bridgehead atoms. The number of benzene rings is 4. The number of hydrogen-bond acceptors (Lipinski definition) is 8. The fourth-order valence-corrected chi connectivity index (χ4v) is 8.03. The van der Waals surface area contributed by atoms with Crippen LogP contribution < -0.4 is 0 Å². The predicted molar refractivity (Wildman–Crippen MR) is 217 cm³/mol. The van der Waals surface area contributed by atoms with Gasteiger partial charge in [-0.05, 0) is 71.5 Å². The molecule has 8 rings (SSSR count). The highest BCUT2D eigenvalue weighted by Crippen LogP contribution is 2.40. The van der Waals surface area contributed by atoms with Crippen molar-refractivity contribution in [2.45, 2.75) is 77.0 Å². The van der Waals surface area contributed by atoms with Gasteiger partial charge < -0.3 is 38.7 Å². The fraction of sp³-hybridized carbons (Fsp3) is 0.304. The smallest absolute Gasteiger partial charge is 0.410 e. The molecule has 2 saturated heterocycles. The van der Waals surface area contributed by atoms with E-state index in [2.05, 4.69) is 4.98 Å². The Morgan fingerprint density at radius 3 is 2.00 bits per heavy atom. The van der Waals surface area contributed by atoms with E-state index >= 15 is 4.39 Å². The van der Waals surface area contributed by atoms with E-state index in [1.165, 1.54) is 30.0 Å². The molecule has 0 radical (unpaired) electrons. The number of esters is 2. The molecule has 2 aromatic heterocycles. The minimum Gasteiger partial charge on any atom is -0.461 e. The monoisotopic (exact) mass is 822 g/mol. The first-order valence-corrected chi connectivity index (χ1v) is 19.5. The van der Waals surface area contributed by atoms with Crippen LogP contribution in [0, 0.1) is 11.6 Å². The van der Waals surface area contributed by atoms with E-state index in [1.807, 2.05) is 6.07 Å². The van der Waals surface area contributed by atoms with Crippen LogP contribution in [0.25, 0.3) is 33.2 Å². The van der Waals surface area contributed by atoms with Crippen molar-refractivity contribution in [1.29, 1.82) is 0 Å². The van der Waals surface area contributed by atoms with Crippen LogP contribution in [0.5, 0.6) is 0 Å². The maximum Gasteiger partial charge on any atom is 0.410 e. The number of rotatable bonds is 11.